The first-order valence-corrected chi connectivity index (χ1v) is 8.44. The summed E-state index contributed by atoms with van der Waals surface area (Å²) in [6.07, 6.45) is 0. The molecule has 1 heterocycles. The second-order valence-electron chi connectivity index (χ2n) is 6.00. The van der Waals surface area contributed by atoms with Gasteiger partial charge in [-0.25, -0.2) is 0 Å². The van der Waals surface area contributed by atoms with Crippen LogP contribution in [0.15, 0.2) is 53.1 Å². The number of halogens is 2. The van der Waals surface area contributed by atoms with Gasteiger partial charge in [-0.2, -0.15) is 8.78 Å². The maximum absolute atomic E-state index is 12.6. The molecule has 0 saturated heterocycles. The number of benzene rings is 2. The third-order valence-corrected chi connectivity index (χ3v) is 3.92. The Morgan fingerprint density at radius 3 is 2.71 bits per heavy atom. The number of hydrogen-bond acceptors (Lipinski definition) is 5. The van der Waals surface area contributed by atoms with E-state index in [1.807, 2.05) is 25.1 Å². The Morgan fingerprint density at radius 2 is 1.96 bits per heavy atom. The largest absolute Gasteiger partial charge is 0.489 e. The molecule has 0 fully saturated rings. The average molecular weight is 388 g/mol. The minimum atomic E-state index is -3.01. The summed E-state index contributed by atoms with van der Waals surface area (Å²) in [5.74, 6) is 0.297. The number of aromatic nitrogens is 1. The predicted molar refractivity (Wildman–Crippen MR) is 97.8 cm³/mol. The first-order valence-electron chi connectivity index (χ1n) is 8.44. The second kappa shape index (κ2) is 8.51. The van der Waals surface area contributed by atoms with Crippen molar-refractivity contribution < 1.29 is 27.6 Å². The lowest BCUT2D eigenvalue weighted by molar-refractivity contribution is -0.0493. The Bertz CT molecular complexity index is 972. The summed E-state index contributed by atoms with van der Waals surface area (Å²) in [5.41, 5.74) is 1.61. The molecule has 28 heavy (non-hydrogen) atoms. The molecule has 1 amide bonds. The fourth-order valence-corrected chi connectivity index (χ4v) is 2.55. The van der Waals surface area contributed by atoms with Crippen LogP contribution in [0.1, 0.15) is 27.4 Å². The molecule has 2 aromatic carbocycles. The molecule has 1 N–H and O–H groups in total. The van der Waals surface area contributed by atoms with Gasteiger partial charge in [0.15, 0.2) is 5.69 Å². The Kier molecular flexibility index (Phi) is 5.88. The molecule has 0 aliphatic carbocycles. The number of aryl methyl sites for hydroxylation is 2. The number of amides is 1. The molecule has 1 aromatic heterocycles. The van der Waals surface area contributed by atoms with Crippen molar-refractivity contribution in [2.45, 2.75) is 27.1 Å². The summed E-state index contributed by atoms with van der Waals surface area (Å²) in [4.78, 5) is 12.6. The van der Waals surface area contributed by atoms with E-state index < -0.39 is 12.5 Å². The zero-order valence-electron chi connectivity index (χ0n) is 15.2. The highest BCUT2D eigenvalue weighted by atomic mass is 19.3. The average Bonchev–Trinajstić information content (AvgIpc) is 3.02. The molecule has 0 aliphatic heterocycles. The van der Waals surface area contributed by atoms with Crippen LogP contribution in [0.5, 0.6) is 11.5 Å². The van der Waals surface area contributed by atoms with Crippen molar-refractivity contribution >= 4 is 11.6 Å². The summed E-state index contributed by atoms with van der Waals surface area (Å²) in [6, 6.07) is 13.4. The van der Waals surface area contributed by atoms with Crippen LogP contribution in [0, 0.1) is 13.8 Å². The minimum absolute atomic E-state index is 0.0111. The van der Waals surface area contributed by atoms with Crippen molar-refractivity contribution in [1.29, 1.82) is 0 Å². The van der Waals surface area contributed by atoms with Crippen LogP contribution in [0.4, 0.5) is 14.5 Å². The van der Waals surface area contributed by atoms with Crippen molar-refractivity contribution in [3.63, 3.8) is 0 Å². The zero-order valence-corrected chi connectivity index (χ0v) is 15.2. The van der Waals surface area contributed by atoms with Crippen LogP contribution in [0.25, 0.3) is 0 Å². The van der Waals surface area contributed by atoms with Gasteiger partial charge >= 0.3 is 6.61 Å². The van der Waals surface area contributed by atoms with E-state index in [2.05, 4.69) is 15.2 Å². The highest BCUT2D eigenvalue weighted by molar-refractivity contribution is 6.04. The topological polar surface area (TPSA) is 73.6 Å². The van der Waals surface area contributed by atoms with E-state index in [-0.39, 0.29) is 23.7 Å². The van der Waals surface area contributed by atoms with E-state index in [0.717, 1.165) is 5.56 Å². The maximum Gasteiger partial charge on any atom is 0.387 e. The van der Waals surface area contributed by atoms with Crippen LogP contribution in [0.2, 0.25) is 0 Å². The quantitative estimate of drug-likeness (QED) is 0.634. The summed E-state index contributed by atoms with van der Waals surface area (Å²) in [5, 5.41) is 6.29. The molecule has 0 radical (unpaired) electrons. The van der Waals surface area contributed by atoms with Gasteiger partial charge in [0.25, 0.3) is 5.91 Å². The summed E-state index contributed by atoms with van der Waals surface area (Å²) >= 11 is 0. The van der Waals surface area contributed by atoms with Crippen LogP contribution >= 0.6 is 0 Å². The molecular weight excluding hydrogens is 370 g/mol. The Morgan fingerprint density at radius 1 is 1.18 bits per heavy atom. The third kappa shape index (κ3) is 4.64. The molecule has 0 aliphatic rings. The van der Waals surface area contributed by atoms with Gasteiger partial charge in [0, 0.05) is 0 Å². The molecule has 0 unspecified atom stereocenters. The van der Waals surface area contributed by atoms with Gasteiger partial charge in [-0.3, -0.25) is 4.79 Å². The smallest absolute Gasteiger partial charge is 0.387 e. The van der Waals surface area contributed by atoms with Crippen molar-refractivity contribution in [2.75, 3.05) is 5.32 Å². The molecule has 0 spiro atoms. The van der Waals surface area contributed by atoms with Crippen molar-refractivity contribution in [3.8, 4) is 11.5 Å². The molecule has 3 aromatic rings. The number of anilines is 1. The summed E-state index contributed by atoms with van der Waals surface area (Å²) < 4.78 is 40.3. The Labute approximate surface area is 160 Å². The lowest BCUT2D eigenvalue weighted by atomic mass is 10.2. The van der Waals surface area contributed by atoms with Crippen LogP contribution in [0.3, 0.4) is 0 Å². The highest BCUT2D eigenvalue weighted by Crippen LogP contribution is 2.27. The van der Waals surface area contributed by atoms with Gasteiger partial charge in [-0.15, -0.1) is 0 Å². The number of carbonyl (C=O) groups is 1. The van der Waals surface area contributed by atoms with Gasteiger partial charge in [-0.05, 0) is 43.7 Å². The van der Waals surface area contributed by atoms with E-state index in [1.165, 1.54) is 18.2 Å². The number of carbonyl (C=O) groups excluding carboxylic acids is 1. The Hall–Kier alpha value is -3.42. The highest BCUT2D eigenvalue weighted by Gasteiger charge is 2.22. The number of para-hydroxylation sites is 2. The predicted octanol–water partition coefficient (Wildman–Crippen LogP) is 4.72. The zero-order chi connectivity index (χ0) is 20.1. The summed E-state index contributed by atoms with van der Waals surface area (Å²) in [7, 11) is 0. The number of nitrogens with one attached hydrogen (secondary N) is 1. The fourth-order valence-electron chi connectivity index (χ4n) is 2.55. The van der Waals surface area contributed by atoms with Crippen molar-refractivity contribution in [2.24, 2.45) is 0 Å². The fraction of sp³-hybridized carbons (Fsp3) is 0.200. The molecule has 0 atom stereocenters. The van der Waals surface area contributed by atoms with Crippen LogP contribution in [-0.2, 0) is 6.61 Å². The molecule has 3 rings (SSSR count). The lowest BCUT2D eigenvalue weighted by Gasteiger charge is -2.11. The number of alkyl halides is 2. The molecule has 6 nitrogen and oxygen atoms in total. The standard InChI is InChI=1S/C20H18F2N2O4/c1-12-6-5-7-14(10-12)26-11-15-13(2)28-24-18(15)19(25)23-16-8-3-4-9-17(16)27-20(21)22/h3-10,20H,11H2,1-2H3,(H,23,25). The van der Waals surface area contributed by atoms with Gasteiger partial charge < -0.3 is 19.3 Å². The molecule has 8 heteroatoms. The van der Waals surface area contributed by atoms with Crippen molar-refractivity contribution in [1.82, 2.24) is 5.16 Å². The molecule has 146 valence electrons. The maximum atomic E-state index is 12.6. The third-order valence-electron chi connectivity index (χ3n) is 3.92. The molecule has 0 bridgehead atoms. The van der Waals surface area contributed by atoms with E-state index in [1.54, 1.807) is 19.1 Å². The van der Waals surface area contributed by atoms with E-state index in [0.29, 0.717) is 17.1 Å². The lowest BCUT2D eigenvalue weighted by Crippen LogP contribution is -2.16. The normalized spacial score (nSPS) is 10.8. The van der Waals surface area contributed by atoms with Gasteiger partial charge in [0.1, 0.15) is 23.9 Å². The first kappa shape index (κ1) is 19.3. The van der Waals surface area contributed by atoms with Crippen molar-refractivity contribution in [3.05, 3.63) is 71.1 Å². The number of ether oxygens (including phenoxy) is 2. The number of hydrogen-bond donors (Lipinski definition) is 1. The van der Waals surface area contributed by atoms with E-state index >= 15 is 0 Å². The minimum Gasteiger partial charge on any atom is -0.489 e. The number of rotatable bonds is 7. The van der Waals surface area contributed by atoms with E-state index in [4.69, 9.17) is 9.26 Å². The number of nitrogens with zero attached hydrogens (tertiary/aromatic N) is 1. The van der Waals surface area contributed by atoms with E-state index in [9.17, 15) is 13.6 Å². The summed E-state index contributed by atoms with van der Waals surface area (Å²) in [6.45, 7) is 0.657. The van der Waals surface area contributed by atoms with Gasteiger partial charge in [0.05, 0.1) is 11.3 Å². The monoisotopic (exact) mass is 388 g/mol. The Balaban J connectivity index is 1.76. The SMILES string of the molecule is Cc1cccc(OCc2c(C(=O)Nc3ccccc3OC(F)F)noc2C)c1. The molecular formula is C20H18F2N2O4. The molecule has 0 saturated carbocycles. The second-order valence-corrected chi connectivity index (χ2v) is 6.00. The van der Waals surface area contributed by atoms with Crippen LogP contribution < -0.4 is 14.8 Å². The van der Waals surface area contributed by atoms with Gasteiger partial charge in [0.2, 0.25) is 0 Å². The van der Waals surface area contributed by atoms with Crippen LogP contribution in [-0.4, -0.2) is 17.7 Å². The first-order chi connectivity index (χ1) is 13.4. The van der Waals surface area contributed by atoms with Gasteiger partial charge in [-0.1, -0.05) is 29.4 Å².